The molecule has 1 amide bonds. The van der Waals surface area contributed by atoms with Gasteiger partial charge in [0.25, 0.3) is 11.8 Å². The summed E-state index contributed by atoms with van der Waals surface area (Å²) in [5.74, 6) is 1.58. The number of ether oxygens (including phenoxy) is 2. The van der Waals surface area contributed by atoms with E-state index < -0.39 is 0 Å². The minimum absolute atomic E-state index is 0.145. The van der Waals surface area contributed by atoms with Crippen LogP contribution < -0.4 is 14.8 Å². The molecule has 4 rings (SSSR count). The summed E-state index contributed by atoms with van der Waals surface area (Å²) >= 11 is 0. The van der Waals surface area contributed by atoms with E-state index in [9.17, 15) is 4.79 Å². The van der Waals surface area contributed by atoms with Crippen molar-refractivity contribution in [1.29, 1.82) is 0 Å². The first-order valence-electron chi connectivity index (χ1n) is 10.3. The SMILES string of the molecule is CCOc1cc(-c2noc(-c3ccc(C)cc3)n2)ccc1OCC(=O)Nc1ccccc1. The highest BCUT2D eigenvalue weighted by molar-refractivity contribution is 5.91. The maximum absolute atomic E-state index is 12.2. The van der Waals surface area contributed by atoms with Crippen molar-refractivity contribution in [2.45, 2.75) is 13.8 Å². The Balaban J connectivity index is 1.48. The van der Waals surface area contributed by atoms with Crippen LogP contribution >= 0.6 is 0 Å². The quantitative estimate of drug-likeness (QED) is 0.418. The van der Waals surface area contributed by atoms with Crippen LogP contribution in [0.4, 0.5) is 5.69 Å². The number of hydrogen-bond acceptors (Lipinski definition) is 6. The Kier molecular flexibility index (Phi) is 6.46. The topological polar surface area (TPSA) is 86.5 Å². The second-order valence-electron chi connectivity index (χ2n) is 7.09. The maximum Gasteiger partial charge on any atom is 0.262 e. The van der Waals surface area contributed by atoms with Gasteiger partial charge in [-0.25, -0.2) is 0 Å². The zero-order valence-electron chi connectivity index (χ0n) is 17.9. The summed E-state index contributed by atoms with van der Waals surface area (Å²) in [5, 5.41) is 6.88. The van der Waals surface area contributed by atoms with E-state index in [4.69, 9.17) is 14.0 Å². The molecule has 0 saturated carbocycles. The lowest BCUT2D eigenvalue weighted by molar-refractivity contribution is -0.118. The summed E-state index contributed by atoms with van der Waals surface area (Å²) in [4.78, 5) is 16.7. The van der Waals surface area contributed by atoms with Crippen LogP contribution in [0.3, 0.4) is 0 Å². The molecule has 1 heterocycles. The van der Waals surface area contributed by atoms with E-state index in [1.54, 1.807) is 18.2 Å². The van der Waals surface area contributed by atoms with Gasteiger partial charge in [0, 0.05) is 16.8 Å². The monoisotopic (exact) mass is 429 g/mol. The van der Waals surface area contributed by atoms with Crippen molar-refractivity contribution in [3.8, 4) is 34.3 Å². The summed E-state index contributed by atoms with van der Waals surface area (Å²) in [6.07, 6.45) is 0. The number of amides is 1. The second kappa shape index (κ2) is 9.78. The number of carbonyl (C=O) groups excluding carboxylic acids is 1. The van der Waals surface area contributed by atoms with E-state index in [1.165, 1.54) is 0 Å². The van der Waals surface area contributed by atoms with E-state index in [1.807, 2.05) is 68.4 Å². The van der Waals surface area contributed by atoms with E-state index in [0.717, 1.165) is 16.7 Å². The number of nitrogens with zero attached hydrogens (tertiary/aromatic N) is 2. The molecule has 0 spiro atoms. The van der Waals surface area contributed by atoms with Crippen LogP contribution in [0.2, 0.25) is 0 Å². The molecular formula is C25H23N3O4. The summed E-state index contributed by atoms with van der Waals surface area (Å²) < 4.78 is 16.8. The predicted molar refractivity (Wildman–Crippen MR) is 122 cm³/mol. The molecule has 1 N–H and O–H groups in total. The average molecular weight is 429 g/mol. The molecule has 4 aromatic rings. The Bertz CT molecular complexity index is 1190. The third-order valence-corrected chi connectivity index (χ3v) is 4.64. The van der Waals surface area contributed by atoms with Crippen molar-refractivity contribution in [3.63, 3.8) is 0 Å². The molecule has 0 aliphatic heterocycles. The van der Waals surface area contributed by atoms with Crippen LogP contribution in [-0.4, -0.2) is 29.3 Å². The molecular weight excluding hydrogens is 406 g/mol. The lowest BCUT2D eigenvalue weighted by Crippen LogP contribution is -2.20. The number of benzene rings is 3. The minimum Gasteiger partial charge on any atom is -0.490 e. The smallest absolute Gasteiger partial charge is 0.262 e. The highest BCUT2D eigenvalue weighted by Crippen LogP contribution is 2.32. The molecule has 0 aliphatic rings. The van der Waals surface area contributed by atoms with Gasteiger partial charge in [-0.2, -0.15) is 4.98 Å². The Labute approximate surface area is 186 Å². The van der Waals surface area contributed by atoms with Crippen LogP contribution in [-0.2, 0) is 4.79 Å². The van der Waals surface area contributed by atoms with Crippen molar-refractivity contribution in [3.05, 3.63) is 78.4 Å². The molecule has 162 valence electrons. The van der Waals surface area contributed by atoms with Crippen molar-refractivity contribution in [1.82, 2.24) is 10.1 Å². The fourth-order valence-electron chi connectivity index (χ4n) is 3.05. The van der Waals surface area contributed by atoms with Gasteiger partial charge in [-0.1, -0.05) is 41.1 Å². The van der Waals surface area contributed by atoms with Crippen molar-refractivity contribution in [2.24, 2.45) is 0 Å². The number of para-hydroxylation sites is 1. The number of anilines is 1. The lowest BCUT2D eigenvalue weighted by atomic mass is 10.1. The highest BCUT2D eigenvalue weighted by Gasteiger charge is 2.15. The second-order valence-corrected chi connectivity index (χ2v) is 7.09. The van der Waals surface area contributed by atoms with Gasteiger partial charge in [-0.3, -0.25) is 4.79 Å². The molecule has 1 aromatic heterocycles. The molecule has 0 unspecified atom stereocenters. The maximum atomic E-state index is 12.2. The lowest BCUT2D eigenvalue weighted by Gasteiger charge is -2.12. The van der Waals surface area contributed by atoms with Gasteiger partial charge in [0.15, 0.2) is 18.1 Å². The number of aromatic nitrogens is 2. The Morgan fingerprint density at radius 2 is 1.69 bits per heavy atom. The molecule has 0 fully saturated rings. The minimum atomic E-state index is -0.261. The first-order chi connectivity index (χ1) is 15.6. The van der Waals surface area contributed by atoms with Crippen molar-refractivity contribution >= 4 is 11.6 Å². The molecule has 3 aromatic carbocycles. The van der Waals surface area contributed by atoms with Gasteiger partial charge < -0.3 is 19.3 Å². The first kappa shape index (κ1) is 21.1. The third-order valence-electron chi connectivity index (χ3n) is 4.64. The van der Waals surface area contributed by atoms with E-state index in [-0.39, 0.29) is 12.5 Å². The van der Waals surface area contributed by atoms with Gasteiger partial charge in [0.05, 0.1) is 6.61 Å². The summed E-state index contributed by atoms with van der Waals surface area (Å²) in [6.45, 7) is 4.20. The Morgan fingerprint density at radius 1 is 0.938 bits per heavy atom. The molecule has 0 atom stereocenters. The zero-order chi connectivity index (χ0) is 22.3. The molecule has 0 aliphatic carbocycles. The van der Waals surface area contributed by atoms with Crippen LogP contribution in [0, 0.1) is 6.92 Å². The molecule has 7 nitrogen and oxygen atoms in total. The van der Waals surface area contributed by atoms with E-state index in [0.29, 0.717) is 35.5 Å². The number of rotatable bonds is 8. The fourth-order valence-corrected chi connectivity index (χ4v) is 3.05. The largest absolute Gasteiger partial charge is 0.490 e. The van der Waals surface area contributed by atoms with Crippen LogP contribution in [0.15, 0.2) is 77.3 Å². The Hall–Kier alpha value is -4.13. The van der Waals surface area contributed by atoms with Crippen molar-refractivity contribution in [2.75, 3.05) is 18.5 Å². The highest BCUT2D eigenvalue weighted by atomic mass is 16.5. The van der Waals surface area contributed by atoms with E-state index >= 15 is 0 Å². The number of aryl methyl sites for hydroxylation is 1. The standard InChI is InChI=1S/C25H23N3O4/c1-3-30-22-15-19(24-27-25(32-28-24)18-11-9-17(2)10-12-18)13-14-21(22)31-16-23(29)26-20-7-5-4-6-8-20/h4-15H,3,16H2,1-2H3,(H,26,29). The molecule has 0 saturated heterocycles. The van der Waals surface area contributed by atoms with Gasteiger partial charge in [0.2, 0.25) is 5.82 Å². The summed E-state index contributed by atoms with van der Waals surface area (Å²) in [5.41, 5.74) is 3.44. The predicted octanol–water partition coefficient (Wildman–Crippen LogP) is 5.13. The van der Waals surface area contributed by atoms with Crippen LogP contribution in [0.1, 0.15) is 12.5 Å². The zero-order valence-corrected chi connectivity index (χ0v) is 17.9. The first-order valence-corrected chi connectivity index (χ1v) is 10.3. The summed E-state index contributed by atoms with van der Waals surface area (Å²) in [7, 11) is 0. The molecule has 0 bridgehead atoms. The van der Waals surface area contributed by atoms with Gasteiger partial charge in [-0.05, 0) is 56.3 Å². The molecule has 32 heavy (non-hydrogen) atoms. The van der Waals surface area contributed by atoms with Crippen LogP contribution in [0.25, 0.3) is 22.8 Å². The van der Waals surface area contributed by atoms with Gasteiger partial charge >= 0.3 is 0 Å². The van der Waals surface area contributed by atoms with Gasteiger partial charge in [-0.15, -0.1) is 0 Å². The average Bonchev–Trinajstić information content (AvgIpc) is 3.30. The number of hydrogen-bond donors (Lipinski definition) is 1. The fraction of sp³-hybridized carbons (Fsp3) is 0.160. The molecule has 0 radical (unpaired) electrons. The number of carbonyl (C=O) groups is 1. The van der Waals surface area contributed by atoms with E-state index in [2.05, 4.69) is 15.5 Å². The number of nitrogens with one attached hydrogen (secondary N) is 1. The molecule has 7 heteroatoms. The summed E-state index contributed by atoms with van der Waals surface area (Å²) in [6, 6.07) is 22.4. The normalized spacial score (nSPS) is 10.6. The van der Waals surface area contributed by atoms with Gasteiger partial charge in [0.1, 0.15) is 0 Å². The van der Waals surface area contributed by atoms with Crippen LogP contribution in [0.5, 0.6) is 11.5 Å². The third kappa shape index (κ3) is 5.13. The van der Waals surface area contributed by atoms with Crippen molar-refractivity contribution < 1.29 is 18.8 Å². The Morgan fingerprint density at radius 3 is 2.44 bits per heavy atom.